The summed E-state index contributed by atoms with van der Waals surface area (Å²) in [5.41, 5.74) is -0.0682. The highest BCUT2D eigenvalue weighted by molar-refractivity contribution is 7.90. The number of amides is 1. The molecule has 1 amide bonds. The fraction of sp³-hybridized carbons (Fsp3) is 0.429. The molecule has 0 aliphatic heterocycles. The van der Waals surface area contributed by atoms with Crippen molar-refractivity contribution >= 4 is 21.7 Å². The number of carbonyl (C=O) groups is 2. The smallest absolute Gasteiger partial charge is 0.339 e. The highest BCUT2D eigenvalue weighted by Gasteiger charge is 2.19. The van der Waals surface area contributed by atoms with Gasteiger partial charge in [0.15, 0.2) is 16.4 Å². The lowest BCUT2D eigenvalue weighted by Gasteiger charge is -2.08. The Kier molecular flexibility index (Phi) is 6.36. The van der Waals surface area contributed by atoms with E-state index in [1.54, 1.807) is 0 Å². The zero-order valence-corrected chi connectivity index (χ0v) is 12.9. The maximum atomic E-state index is 11.9. The summed E-state index contributed by atoms with van der Waals surface area (Å²) in [6.45, 7) is 2.09. The molecule has 116 valence electrons. The van der Waals surface area contributed by atoms with Gasteiger partial charge in [-0.25, -0.2) is 13.2 Å². The highest BCUT2D eigenvalue weighted by Crippen LogP contribution is 2.16. The largest absolute Gasteiger partial charge is 0.452 e. The van der Waals surface area contributed by atoms with Gasteiger partial charge in [0.05, 0.1) is 10.5 Å². The number of benzene rings is 1. The second kappa shape index (κ2) is 7.78. The van der Waals surface area contributed by atoms with Gasteiger partial charge in [0.1, 0.15) is 0 Å². The molecule has 0 aliphatic rings. The van der Waals surface area contributed by atoms with Crippen LogP contribution in [-0.4, -0.2) is 39.7 Å². The van der Waals surface area contributed by atoms with Crippen molar-refractivity contribution in [2.75, 3.05) is 19.4 Å². The molecule has 0 radical (unpaired) electrons. The molecule has 0 atom stereocenters. The van der Waals surface area contributed by atoms with Gasteiger partial charge in [0.25, 0.3) is 5.91 Å². The minimum atomic E-state index is -3.54. The van der Waals surface area contributed by atoms with E-state index >= 15 is 0 Å². The van der Waals surface area contributed by atoms with Crippen LogP contribution in [0.2, 0.25) is 0 Å². The molecule has 0 aromatic heterocycles. The van der Waals surface area contributed by atoms with Crippen molar-refractivity contribution in [3.8, 4) is 0 Å². The molecule has 0 spiro atoms. The fourth-order valence-electron chi connectivity index (χ4n) is 1.62. The number of hydrogen-bond donors (Lipinski definition) is 1. The van der Waals surface area contributed by atoms with E-state index in [0.29, 0.717) is 6.54 Å². The molecule has 7 heteroatoms. The van der Waals surface area contributed by atoms with E-state index in [4.69, 9.17) is 4.74 Å². The lowest BCUT2D eigenvalue weighted by atomic mass is 10.2. The molecule has 1 N–H and O–H groups in total. The normalized spacial score (nSPS) is 11.0. The molecule has 0 heterocycles. The van der Waals surface area contributed by atoms with Gasteiger partial charge in [-0.2, -0.15) is 0 Å². The monoisotopic (exact) mass is 313 g/mol. The van der Waals surface area contributed by atoms with Crippen LogP contribution < -0.4 is 5.32 Å². The minimum absolute atomic E-state index is 0.0682. The number of ether oxygens (including phenoxy) is 1. The van der Waals surface area contributed by atoms with Crippen molar-refractivity contribution in [3.63, 3.8) is 0 Å². The zero-order valence-electron chi connectivity index (χ0n) is 12.1. The first-order chi connectivity index (χ1) is 9.86. The molecule has 21 heavy (non-hydrogen) atoms. The number of unbranched alkanes of at least 4 members (excludes halogenated alkanes) is 1. The van der Waals surface area contributed by atoms with Crippen LogP contribution in [0.4, 0.5) is 0 Å². The van der Waals surface area contributed by atoms with Crippen molar-refractivity contribution in [1.29, 1.82) is 0 Å². The number of carbonyl (C=O) groups excluding carboxylic acids is 2. The van der Waals surface area contributed by atoms with E-state index in [0.717, 1.165) is 19.1 Å². The molecule has 1 aromatic rings. The summed E-state index contributed by atoms with van der Waals surface area (Å²) in [5.74, 6) is -1.24. The Bertz CT molecular complexity index is 610. The molecule has 0 saturated carbocycles. The van der Waals surface area contributed by atoms with Gasteiger partial charge in [-0.1, -0.05) is 25.5 Å². The highest BCUT2D eigenvalue weighted by atomic mass is 32.2. The summed E-state index contributed by atoms with van der Waals surface area (Å²) in [4.78, 5) is 23.2. The Morgan fingerprint density at radius 2 is 1.90 bits per heavy atom. The van der Waals surface area contributed by atoms with E-state index < -0.39 is 28.3 Å². The summed E-state index contributed by atoms with van der Waals surface area (Å²) in [5, 5.41) is 2.60. The molecule has 1 aromatic carbocycles. The van der Waals surface area contributed by atoms with Gasteiger partial charge in [-0.05, 0) is 18.6 Å². The number of nitrogens with one attached hydrogen (secondary N) is 1. The SMILES string of the molecule is CCCCNC(=O)COC(=O)c1ccccc1S(C)(=O)=O. The van der Waals surface area contributed by atoms with Crippen molar-refractivity contribution in [2.45, 2.75) is 24.7 Å². The number of sulfone groups is 1. The molecule has 0 saturated heterocycles. The molecule has 6 nitrogen and oxygen atoms in total. The van der Waals surface area contributed by atoms with Gasteiger partial charge in [0.2, 0.25) is 0 Å². The van der Waals surface area contributed by atoms with Crippen molar-refractivity contribution < 1.29 is 22.7 Å². The predicted octanol–water partition coefficient (Wildman–Crippen LogP) is 1.16. The van der Waals surface area contributed by atoms with E-state index in [1.807, 2.05) is 6.92 Å². The summed E-state index contributed by atoms with van der Waals surface area (Å²) in [7, 11) is -3.54. The van der Waals surface area contributed by atoms with Gasteiger partial charge >= 0.3 is 5.97 Å². The number of hydrogen-bond acceptors (Lipinski definition) is 5. The van der Waals surface area contributed by atoms with Crippen LogP contribution in [0.3, 0.4) is 0 Å². The predicted molar refractivity (Wildman–Crippen MR) is 77.8 cm³/mol. The molecule has 0 bridgehead atoms. The Morgan fingerprint density at radius 3 is 2.52 bits per heavy atom. The molecular weight excluding hydrogens is 294 g/mol. The second-order valence-electron chi connectivity index (χ2n) is 4.55. The Balaban J connectivity index is 2.67. The van der Waals surface area contributed by atoms with Crippen LogP contribution in [0.1, 0.15) is 30.1 Å². The average Bonchev–Trinajstić information content (AvgIpc) is 2.44. The van der Waals surface area contributed by atoms with Gasteiger partial charge in [-0.15, -0.1) is 0 Å². The quantitative estimate of drug-likeness (QED) is 0.603. The van der Waals surface area contributed by atoms with Crippen LogP contribution in [0, 0.1) is 0 Å². The van der Waals surface area contributed by atoms with Crippen LogP contribution in [-0.2, 0) is 19.4 Å². The van der Waals surface area contributed by atoms with Gasteiger partial charge in [0, 0.05) is 12.8 Å². The average molecular weight is 313 g/mol. The lowest BCUT2D eigenvalue weighted by Crippen LogP contribution is -2.29. The molecule has 0 fully saturated rings. The van der Waals surface area contributed by atoms with Crippen LogP contribution >= 0.6 is 0 Å². The molecule has 0 unspecified atom stereocenters. The summed E-state index contributed by atoms with van der Waals surface area (Å²) < 4.78 is 28.0. The topological polar surface area (TPSA) is 89.5 Å². The third-order valence-electron chi connectivity index (χ3n) is 2.69. The minimum Gasteiger partial charge on any atom is -0.452 e. The maximum absolute atomic E-state index is 11.9. The third kappa shape index (κ3) is 5.55. The first-order valence-electron chi connectivity index (χ1n) is 6.59. The number of rotatable bonds is 7. The first kappa shape index (κ1) is 17.2. The molecule has 0 aliphatic carbocycles. The summed E-state index contributed by atoms with van der Waals surface area (Å²) >= 11 is 0. The van der Waals surface area contributed by atoms with Crippen LogP contribution in [0.15, 0.2) is 29.2 Å². The standard InChI is InChI=1S/C14H19NO5S/c1-3-4-9-15-13(16)10-20-14(17)11-7-5-6-8-12(11)21(2,18)19/h5-8H,3-4,9-10H2,1-2H3,(H,15,16). The molecular formula is C14H19NO5S. The number of esters is 1. The summed E-state index contributed by atoms with van der Waals surface area (Å²) in [6.07, 6.45) is 2.80. The Morgan fingerprint density at radius 1 is 1.24 bits per heavy atom. The Hall–Kier alpha value is -1.89. The first-order valence-corrected chi connectivity index (χ1v) is 8.48. The zero-order chi connectivity index (χ0) is 15.9. The van der Waals surface area contributed by atoms with Gasteiger partial charge < -0.3 is 10.1 Å². The van der Waals surface area contributed by atoms with Crippen LogP contribution in [0.5, 0.6) is 0 Å². The van der Waals surface area contributed by atoms with E-state index in [-0.39, 0.29) is 10.5 Å². The Labute approximate surface area is 124 Å². The summed E-state index contributed by atoms with van der Waals surface area (Å²) in [6, 6.07) is 5.73. The van der Waals surface area contributed by atoms with Gasteiger partial charge in [-0.3, -0.25) is 4.79 Å². The van der Waals surface area contributed by atoms with E-state index in [1.165, 1.54) is 24.3 Å². The maximum Gasteiger partial charge on any atom is 0.339 e. The van der Waals surface area contributed by atoms with Crippen LogP contribution in [0.25, 0.3) is 0 Å². The second-order valence-corrected chi connectivity index (χ2v) is 6.53. The van der Waals surface area contributed by atoms with Crippen molar-refractivity contribution in [3.05, 3.63) is 29.8 Å². The van der Waals surface area contributed by atoms with Crippen molar-refractivity contribution in [2.24, 2.45) is 0 Å². The van der Waals surface area contributed by atoms with Crippen molar-refractivity contribution in [1.82, 2.24) is 5.32 Å². The lowest BCUT2D eigenvalue weighted by molar-refractivity contribution is -0.124. The van der Waals surface area contributed by atoms with E-state index in [9.17, 15) is 18.0 Å². The third-order valence-corrected chi connectivity index (χ3v) is 3.85. The molecule has 1 rings (SSSR count). The van der Waals surface area contributed by atoms with E-state index in [2.05, 4.69) is 5.32 Å². The fourth-order valence-corrected chi connectivity index (χ4v) is 2.50.